The molecule has 2 heterocycles. The first-order valence-corrected chi connectivity index (χ1v) is 9.32. The molecule has 0 amide bonds. The Morgan fingerprint density at radius 2 is 2.08 bits per heavy atom. The van der Waals surface area contributed by atoms with Crippen molar-refractivity contribution in [3.05, 3.63) is 41.1 Å². The third-order valence-electron chi connectivity index (χ3n) is 4.94. The monoisotopic (exact) mass is 353 g/mol. The third kappa shape index (κ3) is 3.09. The maximum absolute atomic E-state index is 12.6. The summed E-state index contributed by atoms with van der Waals surface area (Å²) in [6, 6.07) is 7.65. The van der Waals surface area contributed by atoms with Gasteiger partial charge in [0.1, 0.15) is 11.8 Å². The number of unbranched alkanes of at least 4 members (excludes halogenated alkanes) is 2. The van der Waals surface area contributed by atoms with Crippen molar-refractivity contribution in [1.82, 2.24) is 20.2 Å². The van der Waals surface area contributed by atoms with Gasteiger partial charge in [-0.15, -0.1) is 0 Å². The number of ketones is 1. The molecule has 1 N–H and O–H groups in total. The lowest BCUT2D eigenvalue weighted by atomic mass is 9.85. The normalized spacial score (nSPS) is 19.0. The SMILES string of the molecule is CCCCCOc1ccc(C2C3=C(CCCC3=O)Nc3nnnn32)cc1. The lowest BCUT2D eigenvalue weighted by Crippen LogP contribution is -2.31. The fraction of sp³-hybridized carbons (Fsp3) is 0.474. The predicted molar refractivity (Wildman–Crippen MR) is 96.9 cm³/mol. The lowest BCUT2D eigenvalue weighted by molar-refractivity contribution is -0.116. The highest BCUT2D eigenvalue weighted by molar-refractivity contribution is 5.99. The Labute approximate surface area is 152 Å². The molecule has 0 radical (unpaired) electrons. The number of hydrogen-bond donors (Lipinski definition) is 1. The van der Waals surface area contributed by atoms with E-state index < -0.39 is 0 Å². The predicted octanol–water partition coefficient (Wildman–Crippen LogP) is 3.26. The summed E-state index contributed by atoms with van der Waals surface area (Å²) in [6.45, 7) is 2.90. The van der Waals surface area contributed by atoms with E-state index in [4.69, 9.17) is 4.74 Å². The zero-order valence-electron chi connectivity index (χ0n) is 14.9. The Balaban J connectivity index is 1.61. The summed E-state index contributed by atoms with van der Waals surface area (Å²) in [5.74, 6) is 1.60. The van der Waals surface area contributed by atoms with Gasteiger partial charge in [-0.2, -0.15) is 4.68 Å². The van der Waals surface area contributed by atoms with Crippen LogP contribution in [-0.2, 0) is 4.79 Å². The van der Waals surface area contributed by atoms with Gasteiger partial charge < -0.3 is 10.1 Å². The minimum Gasteiger partial charge on any atom is -0.494 e. The molecule has 4 rings (SSSR count). The second kappa shape index (κ2) is 7.27. The zero-order chi connectivity index (χ0) is 17.9. The van der Waals surface area contributed by atoms with Gasteiger partial charge in [-0.1, -0.05) is 37.0 Å². The first-order chi connectivity index (χ1) is 12.8. The molecule has 136 valence electrons. The number of carbonyl (C=O) groups excluding carboxylic acids is 1. The van der Waals surface area contributed by atoms with Gasteiger partial charge in [-0.3, -0.25) is 4.79 Å². The summed E-state index contributed by atoms with van der Waals surface area (Å²) in [6.07, 6.45) is 5.71. The Morgan fingerprint density at radius 1 is 1.23 bits per heavy atom. The fourth-order valence-electron chi connectivity index (χ4n) is 3.61. The van der Waals surface area contributed by atoms with Gasteiger partial charge in [0.2, 0.25) is 5.95 Å². The Morgan fingerprint density at radius 3 is 2.88 bits per heavy atom. The molecule has 7 nitrogen and oxygen atoms in total. The number of fused-ring (bicyclic) bond motifs is 1. The van der Waals surface area contributed by atoms with Crippen LogP contribution in [0.5, 0.6) is 5.75 Å². The molecule has 1 aliphatic heterocycles. The number of Topliss-reactive ketones (excluding diaryl/α,β-unsaturated/α-hetero) is 1. The van der Waals surface area contributed by atoms with Crippen LogP contribution >= 0.6 is 0 Å². The van der Waals surface area contributed by atoms with Gasteiger partial charge in [0, 0.05) is 17.7 Å². The van der Waals surface area contributed by atoms with Crippen molar-refractivity contribution in [2.75, 3.05) is 11.9 Å². The van der Waals surface area contributed by atoms with Crippen LogP contribution in [0.2, 0.25) is 0 Å². The molecule has 7 heteroatoms. The molecule has 2 aromatic rings. The zero-order valence-corrected chi connectivity index (χ0v) is 14.9. The molecule has 1 aromatic carbocycles. The number of benzene rings is 1. The number of carbonyl (C=O) groups is 1. The van der Waals surface area contributed by atoms with E-state index in [0.717, 1.165) is 48.5 Å². The molecule has 2 aliphatic rings. The van der Waals surface area contributed by atoms with E-state index in [1.54, 1.807) is 4.68 Å². The van der Waals surface area contributed by atoms with Crippen LogP contribution in [-0.4, -0.2) is 32.6 Å². The van der Waals surface area contributed by atoms with Crippen LogP contribution in [0.25, 0.3) is 0 Å². The van der Waals surface area contributed by atoms with Crippen molar-refractivity contribution in [3.8, 4) is 5.75 Å². The van der Waals surface area contributed by atoms with Gasteiger partial charge in [-0.25, -0.2) is 0 Å². The molecule has 1 aromatic heterocycles. The average molecular weight is 353 g/mol. The molecular weight excluding hydrogens is 330 g/mol. The maximum atomic E-state index is 12.6. The van der Waals surface area contributed by atoms with E-state index in [0.29, 0.717) is 12.4 Å². The van der Waals surface area contributed by atoms with Crippen LogP contribution in [0, 0.1) is 0 Å². The van der Waals surface area contributed by atoms with Crippen molar-refractivity contribution in [2.45, 2.75) is 51.5 Å². The van der Waals surface area contributed by atoms with Crippen LogP contribution in [0.15, 0.2) is 35.5 Å². The number of hydrogen-bond acceptors (Lipinski definition) is 6. The highest BCUT2D eigenvalue weighted by atomic mass is 16.5. The summed E-state index contributed by atoms with van der Waals surface area (Å²) < 4.78 is 7.49. The first kappa shape index (κ1) is 16.8. The molecule has 0 spiro atoms. The minimum absolute atomic E-state index is 0.171. The molecule has 0 bridgehead atoms. The Hall–Kier alpha value is -2.70. The second-order valence-electron chi connectivity index (χ2n) is 6.77. The standard InChI is InChI=1S/C19H23N5O2/c1-2-3-4-12-26-14-10-8-13(9-11-14)18-17-15(6-5-7-16(17)25)20-19-21-22-23-24(18)19/h8-11,18H,2-7,12H2,1H3,(H,20,21,23). The Kier molecular flexibility index (Phi) is 4.69. The molecule has 0 saturated heterocycles. The van der Waals surface area contributed by atoms with Crippen molar-refractivity contribution in [3.63, 3.8) is 0 Å². The number of allylic oxidation sites excluding steroid dienone is 2. The molecule has 0 saturated carbocycles. The van der Waals surface area contributed by atoms with Crippen molar-refractivity contribution in [2.24, 2.45) is 0 Å². The van der Waals surface area contributed by atoms with Gasteiger partial charge in [0.15, 0.2) is 5.78 Å². The summed E-state index contributed by atoms with van der Waals surface area (Å²) in [4.78, 5) is 12.6. The number of nitrogens with zero attached hydrogens (tertiary/aromatic N) is 4. The molecule has 1 atom stereocenters. The summed E-state index contributed by atoms with van der Waals surface area (Å²) in [5.41, 5.74) is 2.73. The first-order valence-electron chi connectivity index (χ1n) is 9.32. The van der Waals surface area contributed by atoms with Crippen LogP contribution in [0.3, 0.4) is 0 Å². The second-order valence-corrected chi connectivity index (χ2v) is 6.77. The molecule has 26 heavy (non-hydrogen) atoms. The number of nitrogens with one attached hydrogen (secondary N) is 1. The molecule has 1 unspecified atom stereocenters. The summed E-state index contributed by atoms with van der Waals surface area (Å²) in [5, 5.41) is 15.1. The van der Waals surface area contributed by atoms with Crippen LogP contribution in [0.4, 0.5) is 5.95 Å². The largest absolute Gasteiger partial charge is 0.494 e. The van der Waals surface area contributed by atoms with Crippen molar-refractivity contribution < 1.29 is 9.53 Å². The van der Waals surface area contributed by atoms with Crippen molar-refractivity contribution in [1.29, 1.82) is 0 Å². The van der Waals surface area contributed by atoms with Gasteiger partial charge >= 0.3 is 0 Å². The van der Waals surface area contributed by atoms with E-state index in [2.05, 4.69) is 27.8 Å². The minimum atomic E-state index is -0.279. The van der Waals surface area contributed by atoms with Gasteiger partial charge in [-0.05, 0) is 47.4 Å². The highest BCUT2D eigenvalue weighted by Crippen LogP contribution is 2.39. The number of aromatic nitrogens is 4. The maximum Gasteiger partial charge on any atom is 0.248 e. The topological polar surface area (TPSA) is 81.9 Å². The quantitative estimate of drug-likeness (QED) is 0.803. The molecule has 1 aliphatic carbocycles. The number of tetrazole rings is 1. The van der Waals surface area contributed by atoms with Crippen LogP contribution in [0.1, 0.15) is 57.1 Å². The third-order valence-corrected chi connectivity index (χ3v) is 4.94. The summed E-state index contributed by atoms with van der Waals surface area (Å²) >= 11 is 0. The summed E-state index contributed by atoms with van der Waals surface area (Å²) in [7, 11) is 0. The molecular formula is C19H23N5O2. The number of ether oxygens (including phenoxy) is 1. The van der Waals surface area contributed by atoms with E-state index >= 15 is 0 Å². The number of anilines is 1. The fourth-order valence-corrected chi connectivity index (χ4v) is 3.61. The van der Waals surface area contributed by atoms with E-state index in [1.165, 1.54) is 12.8 Å². The van der Waals surface area contributed by atoms with E-state index in [9.17, 15) is 4.79 Å². The molecule has 0 fully saturated rings. The van der Waals surface area contributed by atoms with Crippen molar-refractivity contribution >= 4 is 11.7 Å². The lowest BCUT2D eigenvalue weighted by Gasteiger charge is -2.31. The smallest absolute Gasteiger partial charge is 0.248 e. The van der Waals surface area contributed by atoms with E-state index in [-0.39, 0.29) is 11.8 Å². The van der Waals surface area contributed by atoms with E-state index in [1.807, 2.05) is 24.3 Å². The van der Waals surface area contributed by atoms with Gasteiger partial charge in [0.05, 0.1) is 6.61 Å². The van der Waals surface area contributed by atoms with Crippen LogP contribution < -0.4 is 10.1 Å². The highest BCUT2D eigenvalue weighted by Gasteiger charge is 2.36. The van der Waals surface area contributed by atoms with Gasteiger partial charge in [0.25, 0.3) is 0 Å². The average Bonchev–Trinajstić information content (AvgIpc) is 3.12. The number of rotatable bonds is 6. The Bertz CT molecular complexity index is 825.